The maximum atomic E-state index is 12.8. The van der Waals surface area contributed by atoms with Crippen molar-refractivity contribution in [1.82, 2.24) is 25.5 Å². The number of aromatic nitrogens is 2. The van der Waals surface area contributed by atoms with Gasteiger partial charge in [0.2, 0.25) is 11.8 Å². The van der Waals surface area contributed by atoms with Crippen LogP contribution in [0.4, 0.5) is 0 Å². The Morgan fingerprint density at radius 3 is 2.56 bits per heavy atom. The number of nitrogens with zero attached hydrogens (tertiary/aromatic N) is 3. The summed E-state index contributed by atoms with van der Waals surface area (Å²) in [6, 6.07) is 7.96. The Bertz CT molecular complexity index is 1000. The highest BCUT2D eigenvalue weighted by atomic mass is 127. The number of hydrogen-bond acceptors (Lipinski definition) is 4. The van der Waals surface area contributed by atoms with Crippen molar-refractivity contribution >= 4 is 52.8 Å². The van der Waals surface area contributed by atoms with E-state index in [4.69, 9.17) is 0 Å². The van der Waals surface area contributed by atoms with Crippen molar-refractivity contribution < 1.29 is 9.59 Å². The number of hydrogen-bond donors (Lipinski definition) is 3. The molecule has 5 rings (SSSR count). The van der Waals surface area contributed by atoms with Crippen LogP contribution in [0.3, 0.4) is 0 Å². The monoisotopic (exact) mass is 548 g/mol. The van der Waals surface area contributed by atoms with E-state index in [9.17, 15) is 9.59 Å². The van der Waals surface area contributed by atoms with Gasteiger partial charge in [0, 0.05) is 32.6 Å². The van der Waals surface area contributed by atoms with Crippen LogP contribution in [0, 0.1) is 23.7 Å². The van der Waals surface area contributed by atoms with Crippen LogP contribution < -0.4 is 10.6 Å². The van der Waals surface area contributed by atoms with E-state index in [0.29, 0.717) is 32.0 Å². The number of rotatable bonds is 7. The molecule has 2 aromatic rings. The van der Waals surface area contributed by atoms with Crippen LogP contribution in [0.25, 0.3) is 11.0 Å². The minimum Gasteiger partial charge on any atom is -0.357 e. The van der Waals surface area contributed by atoms with E-state index in [1.165, 1.54) is 4.90 Å². The summed E-state index contributed by atoms with van der Waals surface area (Å²) in [7, 11) is 0. The molecule has 2 heterocycles. The van der Waals surface area contributed by atoms with Gasteiger partial charge < -0.3 is 15.6 Å². The molecule has 0 spiro atoms. The van der Waals surface area contributed by atoms with Gasteiger partial charge in [-0.05, 0) is 37.3 Å². The number of likely N-dealkylation sites (tertiary alicyclic amines) is 1. The predicted molar refractivity (Wildman–Crippen MR) is 134 cm³/mol. The number of fused-ring (bicyclic) bond motifs is 6. The van der Waals surface area contributed by atoms with E-state index in [0.717, 1.165) is 29.8 Å². The number of guanidine groups is 1. The van der Waals surface area contributed by atoms with Gasteiger partial charge in [0.05, 0.1) is 22.9 Å². The summed E-state index contributed by atoms with van der Waals surface area (Å²) >= 11 is 0. The van der Waals surface area contributed by atoms with Crippen LogP contribution in [-0.4, -0.2) is 58.8 Å². The van der Waals surface area contributed by atoms with Crippen molar-refractivity contribution in [3.63, 3.8) is 0 Å². The van der Waals surface area contributed by atoms with Crippen LogP contribution in [0.5, 0.6) is 0 Å². The molecule has 8 nitrogen and oxygen atoms in total. The van der Waals surface area contributed by atoms with Gasteiger partial charge in [-0.25, -0.2) is 4.98 Å². The fraction of sp³-hybridized carbons (Fsp3) is 0.478. The molecule has 9 heteroatoms. The van der Waals surface area contributed by atoms with Crippen molar-refractivity contribution in [2.45, 2.75) is 19.8 Å². The number of halogens is 1. The highest BCUT2D eigenvalue weighted by Gasteiger charge is 2.58. The zero-order chi connectivity index (χ0) is 21.4. The maximum Gasteiger partial charge on any atom is 0.233 e. The molecule has 2 fully saturated rings. The Kier molecular flexibility index (Phi) is 6.82. The number of carbonyl (C=O) groups excluding carboxylic acids is 2. The number of H-pyrrole nitrogens is 1. The zero-order valence-corrected chi connectivity index (χ0v) is 20.4. The lowest BCUT2D eigenvalue weighted by molar-refractivity contribution is -0.140. The average molecular weight is 548 g/mol. The third-order valence-corrected chi connectivity index (χ3v) is 6.59. The molecule has 1 saturated carbocycles. The Morgan fingerprint density at radius 1 is 1.16 bits per heavy atom. The summed E-state index contributed by atoms with van der Waals surface area (Å²) in [4.78, 5) is 39.5. The molecule has 4 unspecified atom stereocenters. The lowest BCUT2D eigenvalue weighted by Gasteiger charge is -2.18. The van der Waals surface area contributed by atoms with Crippen molar-refractivity contribution in [2.24, 2.45) is 28.7 Å². The summed E-state index contributed by atoms with van der Waals surface area (Å²) in [6.45, 7) is 4.18. The van der Waals surface area contributed by atoms with Crippen molar-refractivity contribution in [3.05, 3.63) is 42.2 Å². The first-order valence-electron chi connectivity index (χ1n) is 11.1. The molecule has 4 atom stereocenters. The summed E-state index contributed by atoms with van der Waals surface area (Å²) in [5.74, 6) is 1.83. The van der Waals surface area contributed by atoms with Crippen LogP contribution >= 0.6 is 24.0 Å². The van der Waals surface area contributed by atoms with Gasteiger partial charge in [0.25, 0.3) is 0 Å². The average Bonchev–Trinajstić information content (AvgIpc) is 3.52. The highest BCUT2D eigenvalue weighted by molar-refractivity contribution is 14.0. The molecule has 3 aliphatic rings. The van der Waals surface area contributed by atoms with Gasteiger partial charge in [0.1, 0.15) is 5.82 Å². The normalized spacial score (nSPS) is 26.0. The molecule has 2 amide bonds. The molecular weight excluding hydrogens is 519 g/mol. The third kappa shape index (κ3) is 4.14. The summed E-state index contributed by atoms with van der Waals surface area (Å²) < 4.78 is 0. The number of imidazole rings is 1. The molecule has 170 valence electrons. The molecule has 1 aliphatic heterocycles. The van der Waals surface area contributed by atoms with Crippen molar-refractivity contribution in [1.29, 1.82) is 0 Å². The predicted octanol–water partition coefficient (Wildman–Crippen LogP) is 2.09. The quantitative estimate of drug-likeness (QED) is 0.162. The van der Waals surface area contributed by atoms with Gasteiger partial charge in [-0.3, -0.25) is 19.5 Å². The lowest BCUT2D eigenvalue weighted by Crippen LogP contribution is -2.43. The number of imide groups is 1. The first-order valence-corrected chi connectivity index (χ1v) is 11.1. The molecule has 2 aliphatic carbocycles. The Labute approximate surface area is 204 Å². The smallest absolute Gasteiger partial charge is 0.233 e. The third-order valence-electron chi connectivity index (χ3n) is 6.59. The fourth-order valence-electron chi connectivity index (χ4n) is 5.21. The second-order valence-electron chi connectivity index (χ2n) is 8.47. The Balaban J connectivity index is 0.00000245. The van der Waals surface area contributed by atoms with Crippen LogP contribution in [0.1, 0.15) is 19.2 Å². The van der Waals surface area contributed by atoms with E-state index in [-0.39, 0.29) is 59.5 Å². The first-order chi connectivity index (χ1) is 15.2. The number of nitrogens with one attached hydrogen (secondary N) is 3. The molecule has 1 aromatic carbocycles. The molecule has 2 bridgehead atoms. The van der Waals surface area contributed by atoms with Crippen LogP contribution in [-0.2, 0) is 16.0 Å². The number of aromatic amines is 1. The van der Waals surface area contributed by atoms with Crippen molar-refractivity contribution in [2.75, 3.05) is 26.2 Å². The van der Waals surface area contributed by atoms with E-state index >= 15 is 0 Å². The Hall–Kier alpha value is -2.43. The molecule has 1 saturated heterocycles. The van der Waals surface area contributed by atoms with Gasteiger partial charge in [-0.2, -0.15) is 0 Å². The minimum atomic E-state index is -0.131. The number of aliphatic imine (C=N–C) groups is 1. The minimum absolute atomic E-state index is 0. The lowest BCUT2D eigenvalue weighted by atomic mass is 9.85. The molecule has 32 heavy (non-hydrogen) atoms. The topological polar surface area (TPSA) is 102 Å². The number of para-hydroxylation sites is 2. The van der Waals surface area contributed by atoms with Gasteiger partial charge in [-0.1, -0.05) is 24.3 Å². The van der Waals surface area contributed by atoms with Gasteiger partial charge in [0.15, 0.2) is 5.96 Å². The number of amides is 2. The maximum absolute atomic E-state index is 12.8. The largest absolute Gasteiger partial charge is 0.357 e. The highest BCUT2D eigenvalue weighted by Crippen LogP contribution is 2.52. The number of allylic oxidation sites excluding steroid dienone is 2. The number of benzene rings is 1. The standard InChI is InChI=1S/C23H28N6O2.HI/c1-2-24-23(25-10-9-18-27-16-5-3-4-6-17(16)28-18)26-11-12-29-21(30)19-14-7-8-15(13-14)20(19)22(29)31;/h3-8,14-15,19-20H,2,9-13H2,1H3,(H,27,28)(H2,24,25,26);1H. The second kappa shape index (κ2) is 9.60. The fourth-order valence-corrected chi connectivity index (χ4v) is 5.21. The molecule has 3 N–H and O–H groups in total. The molecule has 1 aromatic heterocycles. The van der Waals surface area contributed by atoms with Gasteiger partial charge in [-0.15, -0.1) is 24.0 Å². The SMILES string of the molecule is CCNC(=NCCc1nc2ccccc2[nH]1)NCCN1C(=O)C2C3C=CC(C3)C2C1=O.I. The summed E-state index contributed by atoms with van der Waals surface area (Å²) in [5, 5.41) is 6.47. The van der Waals surface area contributed by atoms with Crippen LogP contribution in [0.15, 0.2) is 41.4 Å². The van der Waals surface area contributed by atoms with Gasteiger partial charge >= 0.3 is 0 Å². The van der Waals surface area contributed by atoms with E-state index in [1.54, 1.807) is 0 Å². The molecular formula is C23H29IN6O2. The van der Waals surface area contributed by atoms with E-state index in [2.05, 4.69) is 37.7 Å². The van der Waals surface area contributed by atoms with E-state index in [1.807, 2.05) is 31.2 Å². The summed E-state index contributed by atoms with van der Waals surface area (Å²) in [5.41, 5.74) is 1.99. The number of carbonyl (C=O) groups is 2. The first kappa shape index (κ1) is 22.8. The Morgan fingerprint density at radius 2 is 1.88 bits per heavy atom. The zero-order valence-electron chi connectivity index (χ0n) is 18.1. The summed E-state index contributed by atoms with van der Waals surface area (Å²) in [6.07, 6.45) is 5.91. The molecule has 0 radical (unpaired) electrons. The van der Waals surface area contributed by atoms with E-state index < -0.39 is 0 Å². The van der Waals surface area contributed by atoms with Crippen molar-refractivity contribution in [3.8, 4) is 0 Å². The van der Waals surface area contributed by atoms with Crippen LogP contribution in [0.2, 0.25) is 0 Å². The second-order valence-corrected chi connectivity index (χ2v) is 8.47.